The van der Waals surface area contributed by atoms with E-state index in [1.165, 1.54) is 0 Å². The van der Waals surface area contributed by atoms with E-state index in [4.69, 9.17) is 8.18 Å². The van der Waals surface area contributed by atoms with Crippen molar-refractivity contribution >= 4 is 22.5 Å². The summed E-state index contributed by atoms with van der Waals surface area (Å²) in [6, 6.07) is 0. The number of hydrogen-bond acceptors (Lipinski definition) is 2. The van der Waals surface area contributed by atoms with Crippen LogP contribution >= 0.6 is 0 Å². The molecule has 7 heavy (non-hydrogen) atoms. The standard InChI is InChI=1S/C4H10O.O.Sn/c1-4(2)3-5;;/h4-5H,3H2,1-2H3;;. The van der Waals surface area contributed by atoms with Crippen molar-refractivity contribution in [1.82, 2.24) is 0 Å². The zero-order chi connectivity index (χ0) is 6.28. The minimum atomic E-state index is 0.300. The summed E-state index contributed by atoms with van der Waals surface area (Å²) >= 11 is 0.300. The van der Waals surface area contributed by atoms with E-state index in [1.807, 2.05) is 13.8 Å². The van der Waals surface area contributed by atoms with Crippen LogP contribution in [0.4, 0.5) is 0 Å². The van der Waals surface area contributed by atoms with Crippen LogP contribution in [0, 0.1) is 5.92 Å². The Labute approximate surface area is 57.4 Å². The van der Waals surface area contributed by atoms with E-state index in [1.54, 1.807) is 0 Å². The van der Waals surface area contributed by atoms with Crippen LogP contribution < -0.4 is 0 Å². The molecule has 42 valence electrons. The molecular formula is C4H10O2Sn. The van der Waals surface area contributed by atoms with Gasteiger partial charge in [-0.25, -0.2) is 0 Å². The second kappa shape index (κ2) is 9.75. The molecule has 0 aromatic carbocycles. The van der Waals surface area contributed by atoms with Gasteiger partial charge in [-0.05, 0) is 5.92 Å². The third-order valence-corrected chi connectivity index (χ3v) is 0.365. The van der Waals surface area contributed by atoms with Crippen LogP contribution in [0.1, 0.15) is 13.8 Å². The third-order valence-electron chi connectivity index (χ3n) is 0.365. The molecule has 0 rings (SSSR count). The average Bonchev–Trinajstić information content (AvgIpc) is 1.73. The minimum absolute atomic E-state index is 0.300. The van der Waals surface area contributed by atoms with Gasteiger partial charge in [-0.3, -0.25) is 0 Å². The van der Waals surface area contributed by atoms with Crippen LogP contribution in [0.5, 0.6) is 0 Å². The van der Waals surface area contributed by atoms with Gasteiger partial charge in [0.15, 0.2) is 0 Å². The van der Waals surface area contributed by atoms with Crippen molar-refractivity contribution in [2.45, 2.75) is 13.8 Å². The fourth-order valence-corrected chi connectivity index (χ4v) is 0. The molecule has 2 radical (unpaired) electrons. The molecule has 0 fully saturated rings. The van der Waals surface area contributed by atoms with E-state index in [-0.39, 0.29) is 0 Å². The van der Waals surface area contributed by atoms with Crippen molar-refractivity contribution in [2.75, 3.05) is 6.61 Å². The summed E-state index contributed by atoms with van der Waals surface area (Å²) in [6.45, 7) is 4.25. The Hall–Kier alpha value is 0.559. The molecule has 0 aliphatic carbocycles. The first kappa shape index (κ1) is 10.5. The first-order valence-corrected chi connectivity index (χ1v) is 3.25. The Kier molecular flexibility index (Phi) is 14.7. The van der Waals surface area contributed by atoms with Crippen molar-refractivity contribution in [2.24, 2.45) is 5.92 Å². The van der Waals surface area contributed by atoms with Crippen LogP contribution in [-0.2, 0) is 3.08 Å². The van der Waals surface area contributed by atoms with Crippen LogP contribution in [-0.4, -0.2) is 34.2 Å². The van der Waals surface area contributed by atoms with Crippen molar-refractivity contribution in [1.29, 1.82) is 0 Å². The topological polar surface area (TPSA) is 37.3 Å². The molecule has 0 heterocycles. The zero-order valence-corrected chi connectivity index (χ0v) is 7.49. The molecule has 0 bridgehead atoms. The van der Waals surface area contributed by atoms with Crippen molar-refractivity contribution in [3.63, 3.8) is 0 Å². The molecule has 0 aliphatic heterocycles. The molecule has 0 saturated carbocycles. The second-order valence-electron chi connectivity index (χ2n) is 1.58. The summed E-state index contributed by atoms with van der Waals surface area (Å²) in [4.78, 5) is 0. The molecule has 0 spiro atoms. The van der Waals surface area contributed by atoms with E-state index >= 15 is 0 Å². The Morgan fingerprint density at radius 1 is 1.57 bits per heavy atom. The predicted octanol–water partition coefficient (Wildman–Crippen LogP) is 0.135. The van der Waals surface area contributed by atoms with Crippen LogP contribution in [0.3, 0.4) is 0 Å². The van der Waals surface area contributed by atoms with Gasteiger partial charge in [-0.2, -0.15) is 0 Å². The van der Waals surface area contributed by atoms with E-state index in [0.717, 1.165) is 0 Å². The predicted molar refractivity (Wildman–Crippen MR) is 28.4 cm³/mol. The van der Waals surface area contributed by atoms with Gasteiger partial charge < -0.3 is 5.11 Å². The fraction of sp³-hybridized carbons (Fsp3) is 1.00. The van der Waals surface area contributed by atoms with Crippen molar-refractivity contribution in [3.8, 4) is 0 Å². The summed E-state index contributed by atoms with van der Waals surface area (Å²) < 4.78 is 8.34. The first-order chi connectivity index (χ1) is 3.27. The number of rotatable bonds is 1. The Balaban J connectivity index is 0. The molecule has 0 aromatic heterocycles. The molecule has 0 atom stereocenters. The van der Waals surface area contributed by atoms with E-state index < -0.39 is 0 Å². The molecule has 0 aliphatic rings. The van der Waals surface area contributed by atoms with Gasteiger partial charge in [0.25, 0.3) is 0 Å². The van der Waals surface area contributed by atoms with Gasteiger partial charge in [-0.1, -0.05) is 13.8 Å². The zero-order valence-electron chi connectivity index (χ0n) is 4.64. The van der Waals surface area contributed by atoms with Gasteiger partial charge in [0.1, 0.15) is 0 Å². The molecule has 3 heteroatoms. The van der Waals surface area contributed by atoms with Gasteiger partial charge in [-0.15, -0.1) is 0 Å². The molecule has 1 N–H and O–H groups in total. The van der Waals surface area contributed by atoms with E-state index in [9.17, 15) is 0 Å². The normalized spacial score (nSPS) is 7.43. The summed E-state index contributed by atoms with van der Waals surface area (Å²) in [5, 5.41) is 8.14. The quantitative estimate of drug-likeness (QED) is 0.623. The summed E-state index contributed by atoms with van der Waals surface area (Å²) in [6.07, 6.45) is 0. The SMILES string of the molecule is CC(C)CO.[O]=[Sn]. The van der Waals surface area contributed by atoms with Gasteiger partial charge in [0, 0.05) is 6.61 Å². The Morgan fingerprint density at radius 3 is 1.71 bits per heavy atom. The van der Waals surface area contributed by atoms with Crippen LogP contribution in [0.2, 0.25) is 0 Å². The number of aliphatic hydroxyl groups excluding tert-OH is 1. The molecule has 0 unspecified atom stereocenters. The first-order valence-electron chi connectivity index (χ1n) is 2.08. The molecule has 0 aromatic rings. The number of aliphatic hydroxyl groups is 1. The second-order valence-corrected chi connectivity index (χ2v) is 1.58. The number of hydrogen-bond donors (Lipinski definition) is 1. The maximum atomic E-state index is 8.34. The molecule has 0 saturated heterocycles. The van der Waals surface area contributed by atoms with Crippen LogP contribution in [0.25, 0.3) is 0 Å². The Bertz CT molecular complexity index is 30.9. The van der Waals surface area contributed by atoms with Crippen molar-refractivity contribution in [3.05, 3.63) is 0 Å². The maximum absolute atomic E-state index is 8.34. The summed E-state index contributed by atoms with van der Waals surface area (Å²) in [5.74, 6) is 0.440. The third kappa shape index (κ3) is 20.8. The van der Waals surface area contributed by atoms with E-state index in [2.05, 4.69) is 0 Å². The summed E-state index contributed by atoms with van der Waals surface area (Å²) in [5.41, 5.74) is 0. The van der Waals surface area contributed by atoms with E-state index in [0.29, 0.717) is 35.0 Å². The Morgan fingerprint density at radius 2 is 1.71 bits per heavy atom. The monoisotopic (exact) mass is 210 g/mol. The van der Waals surface area contributed by atoms with Crippen molar-refractivity contribution < 1.29 is 8.18 Å². The summed E-state index contributed by atoms with van der Waals surface area (Å²) in [7, 11) is 0. The fourth-order valence-electron chi connectivity index (χ4n) is 0. The van der Waals surface area contributed by atoms with Gasteiger partial charge in [0.2, 0.25) is 0 Å². The molecule has 0 amide bonds. The average molecular weight is 209 g/mol. The van der Waals surface area contributed by atoms with Gasteiger partial charge >= 0.3 is 25.6 Å². The molecular weight excluding hydrogens is 199 g/mol. The van der Waals surface area contributed by atoms with Gasteiger partial charge in [0.05, 0.1) is 0 Å². The molecule has 2 nitrogen and oxygen atoms in total. The van der Waals surface area contributed by atoms with Crippen LogP contribution in [0.15, 0.2) is 0 Å².